The minimum atomic E-state index is 0.0737. The second-order valence-corrected chi connectivity index (χ2v) is 4.79. The van der Waals surface area contributed by atoms with Gasteiger partial charge in [0.1, 0.15) is 0 Å². The Kier molecular flexibility index (Phi) is 5.41. The second kappa shape index (κ2) is 7.29. The maximum absolute atomic E-state index is 12.2. The maximum atomic E-state index is 12.2. The van der Waals surface area contributed by atoms with Crippen molar-refractivity contribution in [3.8, 4) is 11.5 Å². The summed E-state index contributed by atoms with van der Waals surface area (Å²) < 4.78 is 16.5. The van der Waals surface area contributed by atoms with Crippen LogP contribution in [0.25, 0.3) is 0 Å². The van der Waals surface area contributed by atoms with E-state index in [-0.39, 0.29) is 11.9 Å². The highest BCUT2D eigenvalue weighted by atomic mass is 16.5. The van der Waals surface area contributed by atoms with Gasteiger partial charge in [0.05, 0.1) is 19.3 Å². The van der Waals surface area contributed by atoms with Gasteiger partial charge in [0.15, 0.2) is 17.3 Å². The molecule has 1 aromatic carbocycles. The molecule has 20 heavy (non-hydrogen) atoms. The summed E-state index contributed by atoms with van der Waals surface area (Å²) in [4.78, 5) is 12.2. The quantitative estimate of drug-likeness (QED) is 0.718. The van der Waals surface area contributed by atoms with Crippen LogP contribution in [0.4, 0.5) is 0 Å². The third-order valence-corrected chi connectivity index (χ3v) is 3.30. The molecule has 1 aliphatic rings. The molecule has 0 aromatic heterocycles. The molecule has 1 heterocycles. The average molecular weight is 278 g/mol. The number of carbonyl (C=O) groups is 1. The third kappa shape index (κ3) is 3.73. The van der Waals surface area contributed by atoms with Crippen molar-refractivity contribution in [1.82, 2.24) is 0 Å². The first-order chi connectivity index (χ1) is 9.74. The van der Waals surface area contributed by atoms with Crippen LogP contribution in [0.15, 0.2) is 18.2 Å². The molecule has 0 bridgehead atoms. The Labute approximate surface area is 120 Å². The summed E-state index contributed by atoms with van der Waals surface area (Å²) in [5, 5.41) is 0. The minimum Gasteiger partial charge on any atom is -0.490 e. The molecule has 0 spiro atoms. The summed E-state index contributed by atoms with van der Waals surface area (Å²) in [5.41, 5.74) is 0.660. The topological polar surface area (TPSA) is 44.8 Å². The first-order valence-electron chi connectivity index (χ1n) is 7.29. The van der Waals surface area contributed by atoms with Crippen molar-refractivity contribution < 1.29 is 19.0 Å². The Balaban J connectivity index is 2.10. The van der Waals surface area contributed by atoms with Crippen molar-refractivity contribution in [2.24, 2.45) is 0 Å². The number of ketones is 1. The highest BCUT2D eigenvalue weighted by Gasteiger charge is 2.20. The molecule has 4 heteroatoms. The highest BCUT2D eigenvalue weighted by molar-refractivity contribution is 5.97. The Morgan fingerprint density at radius 3 is 2.65 bits per heavy atom. The summed E-state index contributed by atoms with van der Waals surface area (Å²) >= 11 is 0. The molecule has 1 atom stereocenters. The van der Waals surface area contributed by atoms with Gasteiger partial charge in [0, 0.05) is 18.6 Å². The Morgan fingerprint density at radius 1 is 1.25 bits per heavy atom. The number of hydrogen-bond acceptors (Lipinski definition) is 4. The fourth-order valence-corrected chi connectivity index (χ4v) is 2.35. The SMILES string of the molecule is CCOc1ccc(C(=O)CC2CCCO2)cc1OCC. The zero-order chi connectivity index (χ0) is 14.4. The number of rotatable bonds is 7. The van der Waals surface area contributed by atoms with E-state index in [0.29, 0.717) is 36.7 Å². The van der Waals surface area contributed by atoms with Gasteiger partial charge in [-0.05, 0) is 44.9 Å². The standard InChI is InChI=1S/C16H22O4/c1-3-18-15-8-7-12(10-16(15)19-4-2)14(17)11-13-6-5-9-20-13/h7-8,10,13H,3-6,9,11H2,1-2H3. The number of carbonyl (C=O) groups excluding carboxylic acids is 1. The van der Waals surface area contributed by atoms with E-state index < -0.39 is 0 Å². The molecule has 0 aliphatic carbocycles. The zero-order valence-electron chi connectivity index (χ0n) is 12.2. The molecule has 0 radical (unpaired) electrons. The molecular weight excluding hydrogens is 256 g/mol. The molecule has 1 saturated heterocycles. The van der Waals surface area contributed by atoms with E-state index in [4.69, 9.17) is 14.2 Å². The van der Waals surface area contributed by atoms with Gasteiger partial charge < -0.3 is 14.2 Å². The van der Waals surface area contributed by atoms with E-state index in [1.54, 1.807) is 18.2 Å². The van der Waals surface area contributed by atoms with Crippen molar-refractivity contribution in [2.45, 2.75) is 39.2 Å². The molecule has 1 aliphatic heterocycles. The van der Waals surface area contributed by atoms with Crippen LogP contribution in [0, 0.1) is 0 Å². The van der Waals surface area contributed by atoms with Crippen LogP contribution < -0.4 is 9.47 Å². The van der Waals surface area contributed by atoms with Gasteiger partial charge in [0.2, 0.25) is 0 Å². The number of benzene rings is 1. The van der Waals surface area contributed by atoms with Gasteiger partial charge in [-0.3, -0.25) is 4.79 Å². The Bertz CT molecular complexity index is 450. The highest BCUT2D eigenvalue weighted by Crippen LogP contribution is 2.29. The van der Waals surface area contributed by atoms with E-state index in [0.717, 1.165) is 19.4 Å². The molecule has 2 rings (SSSR count). The van der Waals surface area contributed by atoms with Gasteiger partial charge in [-0.15, -0.1) is 0 Å². The smallest absolute Gasteiger partial charge is 0.165 e. The lowest BCUT2D eigenvalue weighted by atomic mass is 10.0. The van der Waals surface area contributed by atoms with Crippen LogP contribution in [0.5, 0.6) is 11.5 Å². The van der Waals surface area contributed by atoms with Crippen molar-refractivity contribution in [3.05, 3.63) is 23.8 Å². The van der Waals surface area contributed by atoms with Gasteiger partial charge in [-0.2, -0.15) is 0 Å². The molecule has 1 aromatic rings. The van der Waals surface area contributed by atoms with E-state index in [1.807, 2.05) is 13.8 Å². The fraction of sp³-hybridized carbons (Fsp3) is 0.562. The van der Waals surface area contributed by atoms with E-state index in [2.05, 4.69) is 0 Å². The van der Waals surface area contributed by atoms with Crippen molar-refractivity contribution in [3.63, 3.8) is 0 Å². The van der Waals surface area contributed by atoms with E-state index in [9.17, 15) is 4.79 Å². The van der Waals surface area contributed by atoms with Crippen LogP contribution in [0.2, 0.25) is 0 Å². The predicted molar refractivity (Wildman–Crippen MR) is 76.7 cm³/mol. The number of ether oxygens (including phenoxy) is 3. The summed E-state index contributed by atoms with van der Waals surface area (Å²) in [6.07, 6.45) is 2.54. The van der Waals surface area contributed by atoms with Gasteiger partial charge in [-0.1, -0.05) is 0 Å². The summed E-state index contributed by atoms with van der Waals surface area (Å²) in [6.45, 7) is 5.72. The molecule has 0 saturated carbocycles. The van der Waals surface area contributed by atoms with Crippen LogP contribution in [0.3, 0.4) is 0 Å². The van der Waals surface area contributed by atoms with Crippen LogP contribution in [-0.4, -0.2) is 31.7 Å². The first-order valence-corrected chi connectivity index (χ1v) is 7.29. The second-order valence-electron chi connectivity index (χ2n) is 4.79. The lowest BCUT2D eigenvalue weighted by Crippen LogP contribution is -2.13. The van der Waals surface area contributed by atoms with E-state index in [1.165, 1.54) is 0 Å². The lowest BCUT2D eigenvalue weighted by Gasteiger charge is -2.13. The van der Waals surface area contributed by atoms with Gasteiger partial charge in [-0.25, -0.2) is 0 Å². The van der Waals surface area contributed by atoms with Crippen LogP contribution >= 0.6 is 0 Å². The Hall–Kier alpha value is -1.55. The van der Waals surface area contributed by atoms with Crippen molar-refractivity contribution >= 4 is 5.78 Å². The molecule has 1 fully saturated rings. The molecular formula is C16H22O4. The monoisotopic (exact) mass is 278 g/mol. The summed E-state index contributed by atoms with van der Waals surface area (Å²) in [5.74, 6) is 1.41. The van der Waals surface area contributed by atoms with Crippen LogP contribution in [0.1, 0.15) is 43.5 Å². The van der Waals surface area contributed by atoms with E-state index >= 15 is 0 Å². The lowest BCUT2D eigenvalue weighted by molar-refractivity contribution is 0.0775. The normalized spacial score (nSPS) is 18.0. The van der Waals surface area contributed by atoms with Gasteiger partial charge in [0.25, 0.3) is 0 Å². The first kappa shape index (κ1) is 14.9. The summed E-state index contributed by atoms with van der Waals surface area (Å²) in [6, 6.07) is 5.37. The van der Waals surface area contributed by atoms with Gasteiger partial charge >= 0.3 is 0 Å². The van der Waals surface area contributed by atoms with Crippen molar-refractivity contribution in [2.75, 3.05) is 19.8 Å². The number of Topliss-reactive ketones (excluding diaryl/α,β-unsaturated/α-hetero) is 1. The maximum Gasteiger partial charge on any atom is 0.165 e. The Morgan fingerprint density at radius 2 is 2.00 bits per heavy atom. The summed E-state index contributed by atoms with van der Waals surface area (Å²) in [7, 11) is 0. The molecule has 1 unspecified atom stereocenters. The largest absolute Gasteiger partial charge is 0.490 e. The van der Waals surface area contributed by atoms with Crippen molar-refractivity contribution in [1.29, 1.82) is 0 Å². The molecule has 0 N–H and O–H groups in total. The fourth-order valence-electron chi connectivity index (χ4n) is 2.35. The minimum absolute atomic E-state index is 0.0737. The van der Waals surface area contributed by atoms with Crippen LogP contribution in [-0.2, 0) is 4.74 Å². The predicted octanol–water partition coefficient (Wildman–Crippen LogP) is 3.24. The third-order valence-electron chi connectivity index (χ3n) is 3.30. The molecule has 0 amide bonds. The number of hydrogen-bond donors (Lipinski definition) is 0. The molecule has 4 nitrogen and oxygen atoms in total. The zero-order valence-corrected chi connectivity index (χ0v) is 12.2. The average Bonchev–Trinajstić information content (AvgIpc) is 2.94. The molecule has 110 valence electrons.